The Labute approximate surface area is 337 Å². The third kappa shape index (κ3) is 4.76. The zero-order valence-electron chi connectivity index (χ0n) is 31.8. The van der Waals surface area contributed by atoms with Gasteiger partial charge < -0.3 is 18.0 Å². The van der Waals surface area contributed by atoms with Gasteiger partial charge in [0, 0.05) is 49.6 Å². The molecule has 0 spiro atoms. The number of fused-ring (bicyclic) bond motifs is 12. The van der Waals surface area contributed by atoms with E-state index in [1.165, 1.54) is 60.5 Å². The summed E-state index contributed by atoms with van der Waals surface area (Å²) >= 11 is 0. The summed E-state index contributed by atoms with van der Waals surface area (Å²) in [7, 11) is 0. The number of rotatable bonds is 5. The van der Waals surface area contributed by atoms with Crippen molar-refractivity contribution in [2.24, 2.45) is 0 Å². The minimum absolute atomic E-state index is 0.746. The van der Waals surface area contributed by atoms with Gasteiger partial charge in [0.05, 0.1) is 27.8 Å². The van der Waals surface area contributed by atoms with Crippen LogP contribution in [0.15, 0.2) is 197 Å². The van der Waals surface area contributed by atoms with Crippen molar-refractivity contribution in [3.63, 3.8) is 0 Å². The van der Waals surface area contributed by atoms with Crippen molar-refractivity contribution < 1.29 is 8.83 Å². The molecular formula is C54H33N3O2. The van der Waals surface area contributed by atoms with Crippen LogP contribution in [0.25, 0.3) is 110 Å². The molecule has 276 valence electrons. The van der Waals surface area contributed by atoms with E-state index in [2.05, 4.69) is 179 Å². The molecule has 59 heavy (non-hydrogen) atoms. The molecule has 0 radical (unpaired) electrons. The highest BCUT2D eigenvalue weighted by molar-refractivity contribution is 6.13. The van der Waals surface area contributed by atoms with Gasteiger partial charge in [0.2, 0.25) is 0 Å². The summed E-state index contributed by atoms with van der Waals surface area (Å²) in [5.41, 5.74) is 15.9. The fourth-order valence-electron chi connectivity index (χ4n) is 9.58. The first-order valence-corrected chi connectivity index (χ1v) is 20.1. The van der Waals surface area contributed by atoms with Gasteiger partial charge in [-0.05, 0) is 101 Å². The van der Waals surface area contributed by atoms with Crippen molar-refractivity contribution in [2.45, 2.75) is 6.42 Å². The fraction of sp³-hybridized carbons (Fsp3) is 0.0185. The first kappa shape index (κ1) is 32.2. The lowest BCUT2D eigenvalue weighted by Gasteiger charge is -2.14. The average molecular weight is 756 g/mol. The number of furan rings is 2. The number of hydrogen-bond donors (Lipinski definition) is 0. The van der Waals surface area contributed by atoms with Gasteiger partial charge in [-0.25, -0.2) is 0 Å². The lowest BCUT2D eigenvalue weighted by Crippen LogP contribution is -2.00. The van der Waals surface area contributed by atoms with Crippen LogP contribution in [-0.2, 0) is 6.42 Å². The second-order valence-corrected chi connectivity index (χ2v) is 15.5. The molecule has 13 rings (SSSR count). The highest BCUT2D eigenvalue weighted by Gasteiger charge is 2.20. The molecule has 0 aliphatic rings. The first-order valence-electron chi connectivity index (χ1n) is 20.1. The molecule has 0 N–H and O–H groups in total. The highest BCUT2D eigenvalue weighted by Crippen LogP contribution is 2.40. The van der Waals surface area contributed by atoms with E-state index in [0.717, 1.165) is 67.1 Å². The molecule has 0 aliphatic heterocycles. The largest absolute Gasteiger partial charge is 0.456 e. The average Bonchev–Trinajstić information content (AvgIpc) is 4.04. The Hall–Kier alpha value is -7.89. The van der Waals surface area contributed by atoms with Crippen LogP contribution in [0.5, 0.6) is 0 Å². The maximum Gasteiger partial charge on any atom is 0.177 e. The first-order chi connectivity index (χ1) is 29.2. The third-order valence-electron chi connectivity index (χ3n) is 12.2. The van der Waals surface area contributed by atoms with Crippen molar-refractivity contribution in [1.29, 1.82) is 0 Å². The van der Waals surface area contributed by atoms with Crippen LogP contribution >= 0.6 is 0 Å². The van der Waals surface area contributed by atoms with Gasteiger partial charge >= 0.3 is 0 Å². The molecule has 5 aromatic heterocycles. The molecule has 5 heterocycles. The molecule has 5 nitrogen and oxygen atoms in total. The Balaban J connectivity index is 0.920. The number of benzene rings is 8. The third-order valence-corrected chi connectivity index (χ3v) is 12.2. The number of pyridine rings is 1. The molecule has 8 aromatic carbocycles. The van der Waals surface area contributed by atoms with Gasteiger partial charge in [0.1, 0.15) is 22.3 Å². The van der Waals surface area contributed by atoms with E-state index in [4.69, 9.17) is 13.8 Å². The Morgan fingerprint density at radius 2 is 0.949 bits per heavy atom. The molecule has 13 aromatic rings. The maximum atomic E-state index is 6.67. The summed E-state index contributed by atoms with van der Waals surface area (Å²) in [6, 6.07) is 65.0. The molecule has 0 aliphatic carbocycles. The van der Waals surface area contributed by atoms with Crippen LogP contribution in [0.2, 0.25) is 0 Å². The van der Waals surface area contributed by atoms with Gasteiger partial charge in [-0.2, -0.15) is 0 Å². The summed E-state index contributed by atoms with van der Waals surface area (Å²) in [6.45, 7) is 0. The Bertz CT molecular complexity index is 3790. The predicted octanol–water partition coefficient (Wildman–Crippen LogP) is 14.3. The van der Waals surface area contributed by atoms with E-state index in [-0.39, 0.29) is 0 Å². The molecule has 0 unspecified atom stereocenters. The van der Waals surface area contributed by atoms with Crippen molar-refractivity contribution in [3.8, 4) is 22.5 Å². The van der Waals surface area contributed by atoms with Crippen LogP contribution in [0.4, 0.5) is 0 Å². The standard InChI is InChI=1S/C54H33N3O2/c1-6-16-44(56-47-19-9-4-14-39(47)41-31-34(22-24-48(41)56)35-23-26-51-42(32-35)40-15-5-10-20-50(40)58-51)36(11-1)29-33-21-25-52-43(30-33)53-54(59-52)49(27-28-55-53)57-45-17-7-2-12-37(45)38-13-3-8-18-46(38)57/h1-28,30-32H,29H2. The summed E-state index contributed by atoms with van der Waals surface area (Å²) in [5.74, 6) is 0. The van der Waals surface area contributed by atoms with Crippen molar-refractivity contribution in [1.82, 2.24) is 14.1 Å². The zero-order chi connectivity index (χ0) is 38.6. The van der Waals surface area contributed by atoms with E-state index in [9.17, 15) is 0 Å². The van der Waals surface area contributed by atoms with Crippen LogP contribution in [0.3, 0.4) is 0 Å². The summed E-state index contributed by atoms with van der Waals surface area (Å²) in [6.07, 6.45) is 2.65. The minimum atomic E-state index is 0.746. The van der Waals surface area contributed by atoms with Gasteiger partial charge in [0.15, 0.2) is 5.58 Å². The Morgan fingerprint density at radius 1 is 0.390 bits per heavy atom. The fourth-order valence-corrected chi connectivity index (χ4v) is 9.58. The van der Waals surface area contributed by atoms with Crippen LogP contribution in [0, 0.1) is 0 Å². The van der Waals surface area contributed by atoms with E-state index >= 15 is 0 Å². The van der Waals surface area contributed by atoms with Gasteiger partial charge in [-0.15, -0.1) is 0 Å². The SMILES string of the molecule is c1ccc(-n2c3ccccc3c3cc(-c4ccc5oc6ccccc6c5c4)ccc32)c(Cc2ccc3oc4c(-n5c6ccccc6c6ccccc65)ccnc4c3c2)c1. The number of nitrogens with zero attached hydrogens (tertiary/aromatic N) is 3. The maximum absolute atomic E-state index is 6.67. The van der Waals surface area contributed by atoms with Gasteiger partial charge in [-0.3, -0.25) is 4.98 Å². The smallest absolute Gasteiger partial charge is 0.177 e. The molecule has 0 bridgehead atoms. The normalized spacial score (nSPS) is 12.1. The van der Waals surface area contributed by atoms with E-state index in [0.29, 0.717) is 0 Å². The monoisotopic (exact) mass is 755 g/mol. The van der Waals surface area contributed by atoms with E-state index in [1.807, 2.05) is 18.3 Å². The second kappa shape index (κ2) is 12.3. The van der Waals surface area contributed by atoms with Crippen LogP contribution < -0.4 is 0 Å². The summed E-state index contributed by atoms with van der Waals surface area (Å²) < 4.78 is 17.6. The zero-order valence-corrected chi connectivity index (χ0v) is 31.8. The molecule has 0 atom stereocenters. The van der Waals surface area contributed by atoms with Crippen molar-refractivity contribution in [3.05, 3.63) is 199 Å². The summed E-state index contributed by atoms with van der Waals surface area (Å²) in [5, 5.41) is 8.18. The Kier molecular flexibility index (Phi) is 6.72. The van der Waals surface area contributed by atoms with Crippen molar-refractivity contribution >= 4 is 87.6 Å². The number of hydrogen-bond acceptors (Lipinski definition) is 3. The predicted molar refractivity (Wildman–Crippen MR) is 242 cm³/mol. The molecule has 0 fully saturated rings. The molecule has 5 heteroatoms. The molecule has 0 amide bonds. The number of para-hydroxylation sites is 5. The lowest BCUT2D eigenvalue weighted by molar-refractivity contribution is 0.665. The molecular weight excluding hydrogens is 723 g/mol. The van der Waals surface area contributed by atoms with Crippen molar-refractivity contribution in [2.75, 3.05) is 0 Å². The van der Waals surface area contributed by atoms with Gasteiger partial charge in [0.25, 0.3) is 0 Å². The minimum Gasteiger partial charge on any atom is -0.456 e. The quantitative estimate of drug-likeness (QED) is 0.176. The van der Waals surface area contributed by atoms with E-state index in [1.54, 1.807) is 0 Å². The lowest BCUT2D eigenvalue weighted by atomic mass is 10.0. The van der Waals surface area contributed by atoms with Crippen LogP contribution in [0.1, 0.15) is 11.1 Å². The van der Waals surface area contributed by atoms with E-state index < -0.39 is 0 Å². The molecule has 0 saturated heterocycles. The second-order valence-electron chi connectivity index (χ2n) is 15.5. The molecule has 0 saturated carbocycles. The number of aromatic nitrogens is 3. The van der Waals surface area contributed by atoms with Crippen LogP contribution in [-0.4, -0.2) is 14.1 Å². The highest BCUT2D eigenvalue weighted by atomic mass is 16.3. The summed E-state index contributed by atoms with van der Waals surface area (Å²) in [4.78, 5) is 4.91. The topological polar surface area (TPSA) is 49.0 Å². The van der Waals surface area contributed by atoms with Gasteiger partial charge in [-0.1, -0.05) is 109 Å². The Morgan fingerprint density at radius 3 is 1.73 bits per heavy atom.